The standard InChI is InChI=1S/C17H18F3N3O2/c1-10-2-6-12(7-3-10)23-15(24)8-13(22-23)16(25)21-14(11-4-5-11)9-17(18,19)20/h2-3,6-8,11,14,22H,4-5,9H2,1H3,(H,21,25). The van der Waals surface area contributed by atoms with Gasteiger partial charge in [-0.2, -0.15) is 13.2 Å². The maximum atomic E-state index is 12.7. The molecule has 0 bridgehead atoms. The molecule has 5 nitrogen and oxygen atoms in total. The summed E-state index contributed by atoms with van der Waals surface area (Å²) in [5.74, 6) is -0.861. The first-order chi connectivity index (χ1) is 11.7. The van der Waals surface area contributed by atoms with Crippen LogP contribution in [-0.4, -0.2) is 27.9 Å². The third-order valence-electron chi connectivity index (χ3n) is 4.22. The number of nitrogens with one attached hydrogen (secondary N) is 2. The summed E-state index contributed by atoms with van der Waals surface area (Å²) in [6.45, 7) is 1.90. The van der Waals surface area contributed by atoms with Gasteiger partial charge in [0.1, 0.15) is 5.69 Å². The van der Waals surface area contributed by atoms with Gasteiger partial charge in [0.25, 0.3) is 11.5 Å². The smallest absolute Gasteiger partial charge is 0.347 e. The Morgan fingerprint density at radius 3 is 2.52 bits per heavy atom. The molecular formula is C17H18F3N3O2. The lowest BCUT2D eigenvalue weighted by molar-refractivity contribution is -0.140. The summed E-state index contributed by atoms with van der Waals surface area (Å²) in [4.78, 5) is 24.3. The number of amides is 1. The van der Waals surface area contributed by atoms with Crippen LogP contribution in [0, 0.1) is 12.8 Å². The van der Waals surface area contributed by atoms with Crippen LogP contribution >= 0.6 is 0 Å². The van der Waals surface area contributed by atoms with Crippen LogP contribution in [0.4, 0.5) is 13.2 Å². The highest BCUT2D eigenvalue weighted by Crippen LogP contribution is 2.37. The van der Waals surface area contributed by atoms with Crippen molar-refractivity contribution < 1.29 is 18.0 Å². The second-order valence-electron chi connectivity index (χ2n) is 6.42. The van der Waals surface area contributed by atoms with Gasteiger partial charge in [0.05, 0.1) is 12.1 Å². The molecule has 0 spiro atoms. The van der Waals surface area contributed by atoms with Crippen molar-refractivity contribution in [2.75, 3.05) is 0 Å². The Morgan fingerprint density at radius 2 is 1.96 bits per heavy atom. The van der Waals surface area contributed by atoms with Crippen LogP contribution in [0.25, 0.3) is 5.69 Å². The summed E-state index contributed by atoms with van der Waals surface area (Å²) in [5, 5.41) is 5.07. The number of aryl methyl sites for hydroxylation is 1. The van der Waals surface area contributed by atoms with Crippen molar-refractivity contribution in [2.45, 2.75) is 38.4 Å². The Hall–Kier alpha value is -2.51. The number of aromatic amines is 1. The highest BCUT2D eigenvalue weighted by atomic mass is 19.4. The van der Waals surface area contributed by atoms with Crippen molar-refractivity contribution in [3.8, 4) is 5.69 Å². The monoisotopic (exact) mass is 353 g/mol. The average Bonchev–Trinajstić information content (AvgIpc) is 3.29. The van der Waals surface area contributed by atoms with E-state index in [1.165, 1.54) is 4.68 Å². The molecule has 0 saturated heterocycles. The average molecular weight is 353 g/mol. The molecule has 1 saturated carbocycles. The van der Waals surface area contributed by atoms with Gasteiger partial charge in [-0.1, -0.05) is 17.7 Å². The molecule has 1 aliphatic rings. The number of hydrogen-bond donors (Lipinski definition) is 2. The second kappa shape index (κ2) is 6.42. The Bertz CT molecular complexity index is 817. The van der Waals surface area contributed by atoms with Crippen molar-refractivity contribution in [3.05, 3.63) is 51.9 Å². The van der Waals surface area contributed by atoms with Gasteiger partial charge < -0.3 is 5.32 Å². The van der Waals surface area contributed by atoms with Crippen LogP contribution in [0.15, 0.2) is 35.1 Å². The van der Waals surface area contributed by atoms with E-state index in [2.05, 4.69) is 10.4 Å². The molecule has 3 rings (SSSR count). The van der Waals surface area contributed by atoms with Crippen LogP contribution in [0.2, 0.25) is 0 Å². The molecule has 1 unspecified atom stereocenters. The highest BCUT2D eigenvalue weighted by molar-refractivity contribution is 5.92. The summed E-state index contributed by atoms with van der Waals surface area (Å²) >= 11 is 0. The Kier molecular flexibility index (Phi) is 4.45. The van der Waals surface area contributed by atoms with Gasteiger partial charge in [-0.15, -0.1) is 0 Å². The van der Waals surface area contributed by atoms with E-state index >= 15 is 0 Å². The van der Waals surface area contributed by atoms with Gasteiger partial charge in [0.15, 0.2) is 0 Å². The van der Waals surface area contributed by atoms with Crippen LogP contribution in [-0.2, 0) is 0 Å². The molecule has 1 atom stereocenters. The Labute approximate surface area is 141 Å². The minimum Gasteiger partial charge on any atom is -0.347 e. The molecule has 2 N–H and O–H groups in total. The number of aromatic nitrogens is 2. The highest BCUT2D eigenvalue weighted by Gasteiger charge is 2.40. The number of halogens is 3. The number of nitrogens with zero attached hydrogens (tertiary/aromatic N) is 1. The molecule has 1 aromatic heterocycles. The summed E-state index contributed by atoms with van der Waals surface area (Å²) in [6, 6.07) is 7.19. The molecule has 1 aromatic carbocycles. The number of H-pyrrole nitrogens is 1. The first-order valence-electron chi connectivity index (χ1n) is 8.00. The fourth-order valence-corrected chi connectivity index (χ4v) is 2.73. The van der Waals surface area contributed by atoms with E-state index in [1.807, 2.05) is 19.1 Å². The number of carbonyl (C=O) groups is 1. The zero-order valence-electron chi connectivity index (χ0n) is 13.6. The fraction of sp³-hybridized carbons (Fsp3) is 0.412. The molecule has 134 valence electrons. The normalized spacial score (nSPS) is 15.8. The number of hydrogen-bond acceptors (Lipinski definition) is 2. The number of benzene rings is 1. The van der Waals surface area contributed by atoms with E-state index < -0.39 is 30.1 Å². The fourth-order valence-electron chi connectivity index (χ4n) is 2.73. The third kappa shape index (κ3) is 4.32. The van der Waals surface area contributed by atoms with Crippen molar-refractivity contribution in [3.63, 3.8) is 0 Å². The first-order valence-corrected chi connectivity index (χ1v) is 8.00. The molecule has 8 heteroatoms. The zero-order valence-corrected chi connectivity index (χ0v) is 13.6. The SMILES string of the molecule is Cc1ccc(-n2[nH]c(C(=O)NC(CC(F)(F)F)C3CC3)cc2=O)cc1. The predicted octanol–water partition coefficient (Wildman–Crippen LogP) is 2.93. The van der Waals surface area contributed by atoms with Crippen molar-refractivity contribution in [1.29, 1.82) is 0 Å². The molecule has 1 fully saturated rings. The van der Waals surface area contributed by atoms with E-state index in [1.54, 1.807) is 12.1 Å². The summed E-state index contributed by atoms with van der Waals surface area (Å²) < 4.78 is 39.2. The van der Waals surface area contributed by atoms with Gasteiger partial charge in [-0.25, -0.2) is 4.68 Å². The lowest BCUT2D eigenvalue weighted by atomic mass is 10.1. The van der Waals surface area contributed by atoms with Crippen molar-refractivity contribution >= 4 is 5.91 Å². The maximum Gasteiger partial charge on any atom is 0.391 e. The van der Waals surface area contributed by atoms with Crippen LogP contribution in [0.5, 0.6) is 0 Å². The molecule has 0 radical (unpaired) electrons. The summed E-state index contributed by atoms with van der Waals surface area (Å²) in [7, 11) is 0. The van der Waals surface area contributed by atoms with E-state index in [9.17, 15) is 22.8 Å². The molecule has 1 aliphatic carbocycles. The van der Waals surface area contributed by atoms with Crippen molar-refractivity contribution in [1.82, 2.24) is 15.1 Å². The van der Waals surface area contributed by atoms with Gasteiger partial charge >= 0.3 is 6.18 Å². The van der Waals surface area contributed by atoms with E-state index in [-0.39, 0.29) is 11.6 Å². The second-order valence-corrected chi connectivity index (χ2v) is 6.42. The number of carbonyl (C=O) groups excluding carboxylic acids is 1. The van der Waals surface area contributed by atoms with Crippen LogP contribution in [0.1, 0.15) is 35.3 Å². The van der Waals surface area contributed by atoms with E-state index in [4.69, 9.17) is 0 Å². The quantitative estimate of drug-likeness (QED) is 0.868. The molecular weight excluding hydrogens is 335 g/mol. The van der Waals surface area contributed by atoms with Gasteiger partial charge in [-0.05, 0) is 37.8 Å². The number of rotatable bonds is 5. The van der Waals surface area contributed by atoms with Gasteiger partial charge in [0.2, 0.25) is 0 Å². The number of alkyl halides is 3. The summed E-state index contributed by atoms with van der Waals surface area (Å²) in [6.07, 6.45) is -4.07. The summed E-state index contributed by atoms with van der Waals surface area (Å²) in [5.41, 5.74) is 1.05. The van der Waals surface area contributed by atoms with Crippen LogP contribution < -0.4 is 10.9 Å². The van der Waals surface area contributed by atoms with E-state index in [0.717, 1.165) is 11.6 Å². The first kappa shape index (κ1) is 17.3. The maximum absolute atomic E-state index is 12.7. The minimum atomic E-state index is -4.35. The molecule has 0 aliphatic heterocycles. The van der Waals surface area contributed by atoms with Gasteiger partial charge in [-0.3, -0.25) is 14.7 Å². The van der Waals surface area contributed by atoms with Crippen LogP contribution in [0.3, 0.4) is 0 Å². The lowest BCUT2D eigenvalue weighted by Gasteiger charge is -2.19. The minimum absolute atomic E-state index is 0.0570. The van der Waals surface area contributed by atoms with Crippen molar-refractivity contribution in [2.24, 2.45) is 5.92 Å². The molecule has 1 heterocycles. The molecule has 25 heavy (non-hydrogen) atoms. The van der Waals surface area contributed by atoms with E-state index in [0.29, 0.717) is 18.5 Å². The van der Waals surface area contributed by atoms with Gasteiger partial charge in [0, 0.05) is 12.1 Å². The molecule has 2 aromatic rings. The topological polar surface area (TPSA) is 66.9 Å². The third-order valence-corrected chi connectivity index (χ3v) is 4.22. The Morgan fingerprint density at radius 1 is 1.32 bits per heavy atom. The zero-order chi connectivity index (χ0) is 18.2. The lowest BCUT2D eigenvalue weighted by Crippen LogP contribution is -2.39. The molecule has 1 amide bonds. The predicted molar refractivity (Wildman–Crippen MR) is 85.8 cm³/mol. The Balaban J connectivity index is 1.77. The largest absolute Gasteiger partial charge is 0.391 e.